The smallest absolute Gasteiger partial charge is 0.543 e. The van der Waals surface area contributed by atoms with Crippen molar-refractivity contribution >= 4 is 58.2 Å². The molecule has 12 nitrogen and oxygen atoms in total. The van der Waals surface area contributed by atoms with Gasteiger partial charge in [-0.2, -0.15) is 5.10 Å². The second kappa shape index (κ2) is 9.38. The number of nitrogen functional groups attached to an aromatic ring is 1. The van der Waals surface area contributed by atoms with Gasteiger partial charge in [0.05, 0.1) is 35.9 Å². The number of H-pyrrole nitrogens is 1. The maximum absolute atomic E-state index is 12.7. The molecule has 33 heavy (non-hydrogen) atoms. The van der Waals surface area contributed by atoms with E-state index in [1.165, 1.54) is 24.2 Å². The van der Waals surface area contributed by atoms with Crippen LogP contribution in [0.1, 0.15) is 5.76 Å². The van der Waals surface area contributed by atoms with E-state index in [0.29, 0.717) is 21.7 Å². The minimum atomic E-state index is -1.50. The van der Waals surface area contributed by atoms with Crippen molar-refractivity contribution in [3.05, 3.63) is 41.0 Å². The molecule has 1 saturated heterocycles. The van der Waals surface area contributed by atoms with Crippen molar-refractivity contribution in [3.8, 4) is 0 Å². The molecule has 0 bridgehead atoms. The van der Waals surface area contributed by atoms with Gasteiger partial charge in [-0.25, -0.2) is 9.97 Å². The van der Waals surface area contributed by atoms with Gasteiger partial charge in [0.2, 0.25) is 5.91 Å². The van der Waals surface area contributed by atoms with Crippen LogP contribution in [0.5, 0.6) is 0 Å². The predicted molar refractivity (Wildman–Crippen MR) is 111 cm³/mol. The monoisotopic (exact) mass is 495 g/mol. The number of nitrogens with two attached hydrogens (primary N) is 1. The number of aromatic amines is 1. The number of β-lactam (4-membered cyclic amide) rings is 1. The third-order valence-corrected chi connectivity index (χ3v) is 7.30. The number of nitrogens with one attached hydrogen (secondary N) is 2. The largest absolute Gasteiger partial charge is 1.00 e. The molecule has 5 rings (SSSR count). The van der Waals surface area contributed by atoms with E-state index in [4.69, 9.17) is 10.2 Å². The second-order valence-electron chi connectivity index (χ2n) is 6.90. The summed E-state index contributed by atoms with van der Waals surface area (Å²) < 4.78 is 5.14. The first-order valence-electron chi connectivity index (χ1n) is 9.27. The van der Waals surface area contributed by atoms with E-state index in [1.807, 2.05) is 0 Å². The number of nitrogens with zero attached hydrogens (tertiary/aromatic N) is 4. The van der Waals surface area contributed by atoms with E-state index in [1.54, 1.807) is 12.1 Å². The standard InChI is InChI=1S/C18H15N7O5S2.Na/c19-13-8-5-20-24-14(8)23-18(22-13)32-9-6-31-16-11(15(27)25(16)12(9)17(28)29)21-10(26)4-7-2-1-3-30-7;/h1-3,5,11,16H,4,6H2,(H,21,26)(H,28,29)(H3,19,20,22,23,24);/q;+1/p-1/t11?,16-;/m1./s1. The Morgan fingerprint density at radius 2 is 2.24 bits per heavy atom. The van der Waals surface area contributed by atoms with Crippen LogP contribution in [0.15, 0.2) is 44.8 Å². The van der Waals surface area contributed by atoms with Crippen LogP contribution in [0.4, 0.5) is 5.82 Å². The number of aliphatic carboxylic acids is 1. The molecule has 3 aromatic heterocycles. The van der Waals surface area contributed by atoms with Gasteiger partial charge in [-0.1, -0.05) is 11.8 Å². The molecule has 0 spiro atoms. The summed E-state index contributed by atoms with van der Waals surface area (Å²) in [6.07, 6.45) is 2.92. The summed E-state index contributed by atoms with van der Waals surface area (Å²) >= 11 is 2.31. The van der Waals surface area contributed by atoms with Crippen LogP contribution in [0.3, 0.4) is 0 Å². The fraction of sp³-hybridized carbons (Fsp3) is 0.222. The molecular formula is C18H14N7NaO5S2. The number of anilines is 1. The molecule has 2 amide bonds. The quantitative estimate of drug-likeness (QED) is 0.173. The van der Waals surface area contributed by atoms with E-state index in [0.717, 1.165) is 16.7 Å². The van der Waals surface area contributed by atoms with Gasteiger partial charge < -0.3 is 25.4 Å². The Labute approximate surface area is 216 Å². The van der Waals surface area contributed by atoms with Gasteiger partial charge in [0, 0.05) is 10.7 Å². The van der Waals surface area contributed by atoms with E-state index in [9.17, 15) is 19.5 Å². The summed E-state index contributed by atoms with van der Waals surface area (Å²) in [5, 5.41) is 21.3. The maximum atomic E-state index is 12.7. The van der Waals surface area contributed by atoms with Gasteiger partial charge in [0.15, 0.2) is 10.8 Å². The number of hydrogen-bond donors (Lipinski definition) is 3. The molecule has 1 unspecified atom stereocenters. The van der Waals surface area contributed by atoms with E-state index >= 15 is 0 Å². The summed E-state index contributed by atoms with van der Waals surface area (Å²) in [6, 6.07) is 2.48. The van der Waals surface area contributed by atoms with Crippen molar-refractivity contribution in [1.82, 2.24) is 30.4 Å². The Balaban J connectivity index is 0.00000259. The maximum Gasteiger partial charge on any atom is 1.00 e. The van der Waals surface area contributed by atoms with Crippen LogP contribution in [0.2, 0.25) is 0 Å². The molecule has 15 heteroatoms. The van der Waals surface area contributed by atoms with Crippen molar-refractivity contribution < 1.29 is 53.5 Å². The van der Waals surface area contributed by atoms with Crippen LogP contribution in [0, 0.1) is 0 Å². The van der Waals surface area contributed by atoms with Crippen LogP contribution >= 0.6 is 23.5 Å². The Hall–Kier alpha value is -2.52. The zero-order valence-corrected chi connectivity index (χ0v) is 20.7. The summed E-state index contributed by atoms with van der Waals surface area (Å²) in [4.78, 5) is 46.8. The molecule has 1 fully saturated rings. The number of thioether (sulfide) groups is 2. The number of rotatable bonds is 6. The van der Waals surface area contributed by atoms with Gasteiger partial charge in [0.1, 0.15) is 23.0 Å². The van der Waals surface area contributed by atoms with E-state index in [-0.39, 0.29) is 58.4 Å². The minimum Gasteiger partial charge on any atom is -0.543 e. The molecule has 0 saturated carbocycles. The predicted octanol–water partition coefficient (Wildman–Crippen LogP) is -3.77. The summed E-state index contributed by atoms with van der Waals surface area (Å²) in [7, 11) is 0. The first-order valence-corrected chi connectivity index (χ1v) is 11.1. The normalized spacial score (nSPS) is 19.6. The van der Waals surface area contributed by atoms with E-state index < -0.39 is 29.2 Å². The fourth-order valence-electron chi connectivity index (χ4n) is 3.45. The summed E-state index contributed by atoms with van der Waals surface area (Å²) in [5.41, 5.74) is 6.07. The molecule has 164 valence electrons. The minimum absolute atomic E-state index is 0. The number of fused-ring (bicyclic) bond motifs is 2. The van der Waals surface area contributed by atoms with Crippen LogP contribution in [-0.4, -0.2) is 60.0 Å². The number of carbonyl (C=O) groups is 3. The Morgan fingerprint density at radius 3 is 2.97 bits per heavy atom. The first-order chi connectivity index (χ1) is 15.4. The average Bonchev–Trinajstić information content (AvgIpc) is 3.43. The number of furan rings is 1. The second-order valence-corrected chi connectivity index (χ2v) is 9.06. The van der Waals surface area contributed by atoms with Crippen LogP contribution in [-0.2, 0) is 20.8 Å². The molecule has 3 aromatic rings. The van der Waals surface area contributed by atoms with Crippen LogP contribution in [0.25, 0.3) is 11.0 Å². The van der Waals surface area contributed by atoms with E-state index in [2.05, 4.69) is 25.5 Å². The van der Waals surface area contributed by atoms with Gasteiger partial charge in [0.25, 0.3) is 5.91 Å². The molecule has 5 heterocycles. The fourth-order valence-corrected chi connectivity index (χ4v) is 5.86. The third-order valence-electron chi connectivity index (χ3n) is 4.89. The van der Waals surface area contributed by atoms with Gasteiger partial charge in [-0.3, -0.25) is 19.6 Å². The van der Waals surface area contributed by atoms with Gasteiger partial charge in [-0.15, -0.1) is 11.8 Å². The number of carbonyl (C=O) groups excluding carboxylic acids is 3. The van der Waals surface area contributed by atoms with Crippen molar-refractivity contribution in [3.63, 3.8) is 0 Å². The number of aromatic nitrogens is 4. The summed E-state index contributed by atoms with van der Waals surface area (Å²) in [6.45, 7) is 0. The van der Waals surface area contributed by atoms with Gasteiger partial charge >= 0.3 is 29.6 Å². The van der Waals surface area contributed by atoms with Crippen molar-refractivity contribution in [2.24, 2.45) is 0 Å². The molecule has 2 aliphatic rings. The Kier molecular flexibility index (Phi) is 6.72. The van der Waals surface area contributed by atoms with Crippen molar-refractivity contribution in [1.29, 1.82) is 0 Å². The van der Waals surface area contributed by atoms with Crippen molar-refractivity contribution in [2.45, 2.75) is 23.0 Å². The molecule has 2 atom stereocenters. The molecule has 0 radical (unpaired) electrons. The zero-order valence-electron chi connectivity index (χ0n) is 17.1. The Bertz CT molecular complexity index is 1280. The van der Waals surface area contributed by atoms with Crippen molar-refractivity contribution in [2.75, 3.05) is 11.5 Å². The molecule has 0 aliphatic carbocycles. The van der Waals surface area contributed by atoms with Crippen LogP contribution < -0.4 is 45.7 Å². The number of carboxylic acids is 1. The average molecular weight is 495 g/mol. The molecule has 4 N–H and O–H groups in total. The number of hydrogen-bond acceptors (Lipinski definition) is 11. The molecule has 2 aliphatic heterocycles. The molecular weight excluding hydrogens is 481 g/mol. The topological polar surface area (TPSA) is 183 Å². The summed E-state index contributed by atoms with van der Waals surface area (Å²) in [5.74, 6) is -1.50. The number of amides is 2. The van der Waals surface area contributed by atoms with Gasteiger partial charge in [-0.05, 0) is 12.1 Å². The zero-order chi connectivity index (χ0) is 22.4. The third kappa shape index (κ3) is 4.36. The SMILES string of the molecule is Nc1nc(SC2=C(C(=O)[O-])N3C(=O)C(NC(=O)Cc4ccco4)[C@H]3SC2)nc2[nH]ncc12.[Na+]. The Morgan fingerprint density at radius 1 is 1.42 bits per heavy atom. The number of carboxylic acid groups (broad SMARTS) is 1. The molecule has 0 aromatic carbocycles. The first kappa shape index (κ1) is 23.6.